The summed E-state index contributed by atoms with van der Waals surface area (Å²) in [5.41, 5.74) is 1.09. The number of halogens is 1. The number of carbonyl (C=O) groups excluding carboxylic acids is 2. The van der Waals surface area contributed by atoms with Gasteiger partial charge in [-0.15, -0.1) is 0 Å². The van der Waals surface area contributed by atoms with Crippen LogP contribution in [0.25, 0.3) is 0 Å². The summed E-state index contributed by atoms with van der Waals surface area (Å²) in [6.45, 7) is 5.94. The number of amides is 2. The minimum Gasteiger partial charge on any atom is -0.497 e. The molecule has 0 fully saturated rings. The predicted octanol–water partition coefficient (Wildman–Crippen LogP) is 4.29. The van der Waals surface area contributed by atoms with Crippen molar-refractivity contribution in [1.29, 1.82) is 0 Å². The second-order valence-electron chi connectivity index (χ2n) is 9.81. The number of nitrogens with one attached hydrogen (secondary N) is 1. The van der Waals surface area contributed by atoms with Crippen molar-refractivity contribution in [2.75, 3.05) is 25.1 Å². The van der Waals surface area contributed by atoms with Crippen LogP contribution < -0.4 is 19.1 Å². The number of methoxy groups -OCH3 is 2. The lowest BCUT2D eigenvalue weighted by molar-refractivity contribution is -0.139. The maximum atomic E-state index is 14.7. The van der Waals surface area contributed by atoms with Gasteiger partial charge < -0.3 is 19.7 Å². The molecule has 0 aromatic heterocycles. The molecule has 0 aliphatic heterocycles. The number of benzene rings is 3. The summed E-state index contributed by atoms with van der Waals surface area (Å²) in [5.74, 6) is -1.22. The zero-order chi connectivity index (χ0) is 30.3. The van der Waals surface area contributed by atoms with Crippen molar-refractivity contribution in [3.63, 3.8) is 0 Å². The van der Waals surface area contributed by atoms with E-state index in [-0.39, 0.29) is 34.5 Å². The van der Waals surface area contributed by atoms with E-state index in [1.54, 1.807) is 38.1 Å². The summed E-state index contributed by atoms with van der Waals surface area (Å²) in [5, 5.41) is 2.76. The molecule has 9 nitrogen and oxygen atoms in total. The smallest absolute Gasteiger partial charge is 0.264 e. The molecule has 41 heavy (non-hydrogen) atoms. The normalized spacial score (nSPS) is 12.0. The van der Waals surface area contributed by atoms with Crippen molar-refractivity contribution in [2.45, 2.75) is 51.2 Å². The summed E-state index contributed by atoms with van der Waals surface area (Å²) < 4.78 is 54.5. The fourth-order valence-electron chi connectivity index (χ4n) is 4.14. The number of nitrogens with zero attached hydrogens (tertiary/aromatic N) is 2. The lowest BCUT2D eigenvalue weighted by Gasteiger charge is -2.32. The summed E-state index contributed by atoms with van der Waals surface area (Å²) in [6, 6.07) is 15.4. The number of anilines is 1. The fraction of sp³-hybridized carbons (Fsp3) is 0.333. The van der Waals surface area contributed by atoms with Crippen LogP contribution in [0, 0.1) is 12.7 Å². The summed E-state index contributed by atoms with van der Waals surface area (Å²) >= 11 is 0. The third-order valence-electron chi connectivity index (χ3n) is 6.44. The largest absolute Gasteiger partial charge is 0.497 e. The highest BCUT2D eigenvalue weighted by atomic mass is 32.2. The van der Waals surface area contributed by atoms with Gasteiger partial charge in [-0.3, -0.25) is 13.9 Å². The molecule has 0 spiro atoms. The van der Waals surface area contributed by atoms with Crippen LogP contribution in [0.1, 0.15) is 31.9 Å². The van der Waals surface area contributed by atoms with E-state index in [1.807, 2.05) is 6.92 Å². The van der Waals surface area contributed by atoms with Crippen LogP contribution in [-0.2, 0) is 26.2 Å². The summed E-state index contributed by atoms with van der Waals surface area (Å²) in [6.07, 6.45) is 0. The first-order chi connectivity index (χ1) is 19.4. The van der Waals surface area contributed by atoms with Crippen molar-refractivity contribution in [3.05, 3.63) is 83.7 Å². The van der Waals surface area contributed by atoms with Crippen molar-refractivity contribution < 1.29 is 31.9 Å². The molecular formula is C30H36FN3O6S. The Balaban J connectivity index is 2.14. The number of ether oxygens (including phenoxy) is 2. The van der Waals surface area contributed by atoms with Crippen LogP contribution in [0.3, 0.4) is 0 Å². The van der Waals surface area contributed by atoms with Crippen LogP contribution in [0.4, 0.5) is 10.1 Å². The molecule has 1 atom stereocenters. The van der Waals surface area contributed by atoms with Gasteiger partial charge >= 0.3 is 0 Å². The van der Waals surface area contributed by atoms with E-state index in [0.717, 1.165) is 9.87 Å². The Morgan fingerprint density at radius 3 is 2.20 bits per heavy atom. The second kappa shape index (κ2) is 13.5. The summed E-state index contributed by atoms with van der Waals surface area (Å²) in [7, 11) is -1.51. The highest BCUT2D eigenvalue weighted by Gasteiger charge is 2.34. The number of aryl methyl sites for hydroxylation is 1. The van der Waals surface area contributed by atoms with Crippen molar-refractivity contribution in [3.8, 4) is 11.5 Å². The SMILES string of the molecule is COc1ccc(OC)c(N(CC(=O)N(Cc2ccccc2F)[C@@H](C)C(=O)NC(C)C)S(=O)(=O)c2ccc(C)cc2)c1. The Bertz CT molecular complexity index is 1480. The Kier molecular flexibility index (Phi) is 10.3. The molecule has 0 aliphatic rings. The predicted molar refractivity (Wildman–Crippen MR) is 155 cm³/mol. The molecule has 0 radical (unpaired) electrons. The molecule has 0 aliphatic carbocycles. The van der Waals surface area contributed by atoms with E-state index in [4.69, 9.17) is 9.47 Å². The maximum Gasteiger partial charge on any atom is 0.264 e. The highest BCUT2D eigenvalue weighted by Crippen LogP contribution is 2.36. The topological polar surface area (TPSA) is 105 Å². The first kappa shape index (κ1) is 31.4. The second-order valence-corrected chi connectivity index (χ2v) is 11.7. The van der Waals surface area contributed by atoms with Gasteiger partial charge in [-0.05, 0) is 58.0 Å². The van der Waals surface area contributed by atoms with E-state index in [0.29, 0.717) is 5.75 Å². The minimum absolute atomic E-state index is 0.0490. The number of carbonyl (C=O) groups is 2. The van der Waals surface area contributed by atoms with E-state index in [2.05, 4.69) is 5.32 Å². The van der Waals surface area contributed by atoms with Crippen LogP contribution in [-0.4, -0.2) is 58.0 Å². The molecule has 0 heterocycles. The van der Waals surface area contributed by atoms with Crippen molar-refractivity contribution >= 4 is 27.5 Å². The van der Waals surface area contributed by atoms with Gasteiger partial charge in [0.15, 0.2) is 0 Å². The first-order valence-electron chi connectivity index (χ1n) is 13.0. The van der Waals surface area contributed by atoms with Crippen LogP contribution >= 0.6 is 0 Å². The van der Waals surface area contributed by atoms with Gasteiger partial charge in [-0.1, -0.05) is 35.9 Å². The molecule has 1 N–H and O–H groups in total. The monoisotopic (exact) mass is 585 g/mol. The molecule has 2 amide bonds. The van der Waals surface area contributed by atoms with Crippen LogP contribution in [0.2, 0.25) is 0 Å². The van der Waals surface area contributed by atoms with Gasteiger partial charge in [0.2, 0.25) is 11.8 Å². The molecule has 3 rings (SSSR count). The van der Waals surface area contributed by atoms with Gasteiger partial charge in [0.05, 0.1) is 24.8 Å². The maximum absolute atomic E-state index is 14.7. The highest BCUT2D eigenvalue weighted by molar-refractivity contribution is 7.92. The molecule has 0 saturated carbocycles. The van der Waals surface area contributed by atoms with Gasteiger partial charge in [0, 0.05) is 24.2 Å². The van der Waals surface area contributed by atoms with Crippen LogP contribution in [0.15, 0.2) is 71.6 Å². The Morgan fingerprint density at radius 1 is 0.951 bits per heavy atom. The zero-order valence-corrected chi connectivity index (χ0v) is 24.9. The molecule has 220 valence electrons. The van der Waals surface area contributed by atoms with E-state index >= 15 is 0 Å². The third kappa shape index (κ3) is 7.55. The van der Waals surface area contributed by atoms with Crippen molar-refractivity contribution in [1.82, 2.24) is 10.2 Å². The molecule has 3 aromatic rings. The zero-order valence-electron chi connectivity index (χ0n) is 24.0. The lowest BCUT2D eigenvalue weighted by Crippen LogP contribution is -2.52. The molecule has 0 bridgehead atoms. The van der Waals surface area contributed by atoms with Gasteiger partial charge in [-0.2, -0.15) is 0 Å². The van der Waals surface area contributed by atoms with Gasteiger partial charge in [0.1, 0.15) is 29.9 Å². The molecule has 0 unspecified atom stereocenters. The molecular weight excluding hydrogens is 549 g/mol. The Labute approximate surface area is 240 Å². The Hall–Kier alpha value is -4.12. The van der Waals surface area contributed by atoms with E-state index in [1.165, 1.54) is 68.5 Å². The van der Waals surface area contributed by atoms with Gasteiger partial charge in [-0.25, -0.2) is 12.8 Å². The Morgan fingerprint density at radius 2 is 1.61 bits per heavy atom. The fourth-order valence-corrected chi connectivity index (χ4v) is 5.56. The van der Waals surface area contributed by atoms with E-state index in [9.17, 15) is 22.4 Å². The van der Waals surface area contributed by atoms with Gasteiger partial charge in [0.25, 0.3) is 10.0 Å². The lowest BCUT2D eigenvalue weighted by atomic mass is 10.1. The standard InChI is InChI=1S/C30H36FN3O6S/c1-20(2)32-30(36)22(4)33(18-23-9-7-8-10-26(23)31)29(35)19-34(27-17-24(39-5)13-16-28(27)40-6)41(37,38)25-14-11-21(3)12-15-25/h7-17,20,22H,18-19H2,1-6H3,(H,32,36)/t22-/m0/s1. The first-order valence-corrected chi connectivity index (χ1v) is 14.5. The number of hydrogen-bond donors (Lipinski definition) is 1. The molecule has 3 aromatic carbocycles. The van der Waals surface area contributed by atoms with Crippen molar-refractivity contribution in [2.24, 2.45) is 0 Å². The number of rotatable bonds is 12. The average Bonchev–Trinajstić information content (AvgIpc) is 2.94. The summed E-state index contributed by atoms with van der Waals surface area (Å²) in [4.78, 5) is 28.1. The molecule has 11 heteroatoms. The quantitative estimate of drug-likeness (QED) is 0.340. The molecule has 0 saturated heterocycles. The number of sulfonamides is 1. The average molecular weight is 586 g/mol. The van der Waals surface area contributed by atoms with Crippen LogP contribution in [0.5, 0.6) is 11.5 Å². The third-order valence-corrected chi connectivity index (χ3v) is 8.21. The minimum atomic E-state index is -4.33. The van der Waals surface area contributed by atoms with E-state index < -0.39 is 40.2 Å². The number of hydrogen-bond acceptors (Lipinski definition) is 6.